The molecule has 9 nitrogen and oxygen atoms in total. The van der Waals surface area contributed by atoms with Crippen LogP contribution in [0.5, 0.6) is 0 Å². The van der Waals surface area contributed by atoms with Gasteiger partial charge in [-0.05, 0) is 26.0 Å². The van der Waals surface area contributed by atoms with Gasteiger partial charge in [0.15, 0.2) is 0 Å². The molecule has 0 unspecified atom stereocenters. The van der Waals surface area contributed by atoms with Crippen LogP contribution < -0.4 is 5.32 Å². The molecule has 0 spiro atoms. The molecule has 1 aliphatic rings. The van der Waals surface area contributed by atoms with E-state index < -0.39 is 6.10 Å². The van der Waals surface area contributed by atoms with E-state index in [-0.39, 0.29) is 31.0 Å². The number of ether oxygens (including phenoxy) is 1. The van der Waals surface area contributed by atoms with Crippen LogP contribution in [0, 0.1) is 0 Å². The summed E-state index contributed by atoms with van der Waals surface area (Å²) in [5, 5.41) is 16.9. The third-order valence-corrected chi connectivity index (χ3v) is 6.29. The van der Waals surface area contributed by atoms with Crippen molar-refractivity contribution in [2.75, 3.05) is 32.8 Å². The Labute approximate surface area is 183 Å². The van der Waals surface area contributed by atoms with Crippen molar-refractivity contribution < 1.29 is 19.4 Å². The number of pyridine rings is 1. The van der Waals surface area contributed by atoms with Crippen LogP contribution in [0.3, 0.4) is 0 Å². The van der Waals surface area contributed by atoms with Crippen LogP contribution in [0.15, 0.2) is 30.6 Å². The molecule has 3 aromatic heterocycles. The van der Waals surface area contributed by atoms with Crippen molar-refractivity contribution in [3.63, 3.8) is 0 Å². The van der Waals surface area contributed by atoms with E-state index >= 15 is 0 Å². The molecule has 1 aliphatic heterocycles. The number of aliphatic hydroxyl groups excluding tert-OH is 1. The van der Waals surface area contributed by atoms with Gasteiger partial charge in [0, 0.05) is 42.5 Å². The maximum absolute atomic E-state index is 13.2. The predicted molar refractivity (Wildman–Crippen MR) is 116 cm³/mol. The smallest absolute Gasteiger partial charge is 0.272 e. The van der Waals surface area contributed by atoms with Crippen LogP contribution in [0.4, 0.5) is 0 Å². The summed E-state index contributed by atoms with van der Waals surface area (Å²) in [6.45, 7) is 5.13. The lowest BCUT2D eigenvalue weighted by Crippen LogP contribution is -2.43. The number of hydrogen-bond donors (Lipinski definition) is 2. The number of morpholine rings is 1. The summed E-state index contributed by atoms with van der Waals surface area (Å²) in [6.07, 6.45) is 2.86. The molecular formula is C21H25N5O4S. The van der Waals surface area contributed by atoms with Crippen molar-refractivity contribution in [3.05, 3.63) is 46.7 Å². The molecule has 0 radical (unpaired) electrons. The zero-order valence-corrected chi connectivity index (χ0v) is 18.3. The monoisotopic (exact) mass is 443 g/mol. The van der Waals surface area contributed by atoms with Crippen LogP contribution in [-0.2, 0) is 4.74 Å². The van der Waals surface area contributed by atoms with Gasteiger partial charge in [0.25, 0.3) is 11.8 Å². The van der Waals surface area contributed by atoms with Gasteiger partial charge in [-0.15, -0.1) is 11.3 Å². The Kier molecular flexibility index (Phi) is 6.30. The molecule has 1 atom stereocenters. The fraction of sp³-hybridized carbons (Fsp3) is 0.429. The minimum Gasteiger partial charge on any atom is -0.395 e. The lowest BCUT2D eigenvalue weighted by molar-refractivity contribution is -0.0227. The number of fused-ring (bicyclic) bond motifs is 1. The molecule has 10 heteroatoms. The highest BCUT2D eigenvalue weighted by molar-refractivity contribution is 7.20. The van der Waals surface area contributed by atoms with Crippen molar-refractivity contribution in [2.45, 2.75) is 26.0 Å². The maximum Gasteiger partial charge on any atom is 0.272 e. The fourth-order valence-corrected chi connectivity index (χ4v) is 4.87. The summed E-state index contributed by atoms with van der Waals surface area (Å²) < 4.78 is 7.75. The highest BCUT2D eigenvalue weighted by Gasteiger charge is 2.33. The van der Waals surface area contributed by atoms with Gasteiger partial charge in [-0.1, -0.05) is 6.07 Å². The second-order valence-corrected chi connectivity index (χ2v) is 8.54. The molecule has 2 N–H and O–H groups in total. The van der Waals surface area contributed by atoms with Crippen LogP contribution in [0.2, 0.25) is 0 Å². The van der Waals surface area contributed by atoms with Crippen LogP contribution in [0.1, 0.15) is 51.7 Å². The zero-order chi connectivity index (χ0) is 22.0. The molecule has 1 saturated heterocycles. The molecular weight excluding hydrogens is 418 g/mol. The highest BCUT2D eigenvalue weighted by Crippen LogP contribution is 2.37. The van der Waals surface area contributed by atoms with Gasteiger partial charge in [0.2, 0.25) is 0 Å². The summed E-state index contributed by atoms with van der Waals surface area (Å²) in [6, 6.07) is 5.53. The van der Waals surface area contributed by atoms with Crippen LogP contribution in [-0.4, -0.2) is 69.4 Å². The first-order chi connectivity index (χ1) is 15.0. The van der Waals surface area contributed by atoms with E-state index in [0.29, 0.717) is 30.3 Å². The van der Waals surface area contributed by atoms with Crippen LogP contribution in [0.25, 0.3) is 10.2 Å². The molecule has 0 bridgehead atoms. The number of rotatable bonds is 6. The molecule has 3 aromatic rings. The number of aliphatic hydroxyl groups is 1. The number of hydrogen-bond acceptors (Lipinski definition) is 7. The van der Waals surface area contributed by atoms with Crippen molar-refractivity contribution in [3.8, 4) is 0 Å². The Bertz CT molecular complexity index is 1090. The van der Waals surface area contributed by atoms with Gasteiger partial charge < -0.3 is 20.1 Å². The van der Waals surface area contributed by atoms with E-state index in [1.807, 2.05) is 26.0 Å². The second-order valence-electron chi connectivity index (χ2n) is 7.55. The van der Waals surface area contributed by atoms with E-state index in [2.05, 4.69) is 15.4 Å². The number of nitrogens with one attached hydrogen (secondary N) is 1. The summed E-state index contributed by atoms with van der Waals surface area (Å²) in [5.41, 5.74) is 1.27. The molecule has 2 amide bonds. The van der Waals surface area contributed by atoms with Crippen molar-refractivity contribution >= 4 is 33.4 Å². The molecule has 1 fully saturated rings. The molecule has 0 aromatic carbocycles. The summed E-state index contributed by atoms with van der Waals surface area (Å²) in [4.78, 5) is 33.4. The number of aromatic nitrogens is 3. The molecule has 31 heavy (non-hydrogen) atoms. The first-order valence-electron chi connectivity index (χ1n) is 10.2. The van der Waals surface area contributed by atoms with Gasteiger partial charge >= 0.3 is 0 Å². The first-order valence-corrected chi connectivity index (χ1v) is 11.0. The lowest BCUT2D eigenvalue weighted by Gasteiger charge is -2.33. The minimum absolute atomic E-state index is 0.0690. The Hall–Kier alpha value is -2.82. The predicted octanol–water partition coefficient (Wildman–Crippen LogP) is 2.01. The molecule has 4 heterocycles. The minimum atomic E-state index is -0.457. The van der Waals surface area contributed by atoms with Gasteiger partial charge in [-0.3, -0.25) is 14.3 Å². The van der Waals surface area contributed by atoms with Crippen molar-refractivity contribution in [2.24, 2.45) is 0 Å². The van der Waals surface area contributed by atoms with Gasteiger partial charge in [0.05, 0.1) is 19.8 Å². The number of carbonyl (C=O) groups is 2. The van der Waals surface area contributed by atoms with E-state index in [9.17, 15) is 9.59 Å². The van der Waals surface area contributed by atoms with Crippen molar-refractivity contribution in [1.29, 1.82) is 0 Å². The highest BCUT2D eigenvalue weighted by atomic mass is 32.1. The Morgan fingerprint density at radius 3 is 2.97 bits per heavy atom. The van der Waals surface area contributed by atoms with Gasteiger partial charge in [-0.2, -0.15) is 5.10 Å². The molecule has 164 valence electrons. The summed E-state index contributed by atoms with van der Waals surface area (Å²) in [7, 11) is 0. The van der Waals surface area contributed by atoms with E-state index in [1.54, 1.807) is 28.0 Å². The summed E-state index contributed by atoms with van der Waals surface area (Å²) >= 11 is 1.29. The first kappa shape index (κ1) is 21.4. The molecule has 0 aliphatic carbocycles. The topological polar surface area (TPSA) is 110 Å². The van der Waals surface area contributed by atoms with Crippen molar-refractivity contribution in [1.82, 2.24) is 25.0 Å². The number of thiophene rings is 1. The third kappa shape index (κ3) is 4.18. The largest absolute Gasteiger partial charge is 0.395 e. The number of nitrogens with zero attached hydrogens (tertiary/aromatic N) is 4. The fourth-order valence-electron chi connectivity index (χ4n) is 3.75. The quantitative estimate of drug-likeness (QED) is 0.603. The average molecular weight is 444 g/mol. The molecule has 0 saturated carbocycles. The normalized spacial score (nSPS) is 16.8. The second kappa shape index (κ2) is 9.13. The SMILES string of the molecule is CC(C)n1nccc1C(=O)N1CCO[C@H](c2c(C(=O)NCCO)sc3ncccc23)C1. The Morgan fingerprint density at radius 2 is 2.19 bits per heavy atom. The van der Waals surface area contributed by atoms with Gasteiger partial charge in [-0.25, -0.2) is 4.98 Å². The Morgan fingerprint density at radius 1 is 1.35 bits per heavy atom. The Balaban J connectivity index is 1.66. The zero-order valence-electron chi connectivity index (χ0n) is 17.4. The average Bonchev–Trinajstić information content (AvgIpc) is 3.42. The molecule has 4 rings (SSSR count). The summed E-state index contributed by atoms with van der Waals surface area (Å²) in [5.74, 6) is -0.388. The standard InChI is InChI=1S/C21H25N5O4S/c1-13(2)26-15(5-7-24-26)21(29)25-9-11-30-16(12-25)17-14-4-3-6-23-20(14)31-18(17)19(28)22-8-10-27/h3-7,13,16,27H,8-12H2,1-2H3,(H,22,28)/t16-/m0/s1. The maximum atomic E-state index is 13.2. The number of amides is 2. The number of carbonyl (C=O) groups excluding carboxylic acids is 2. The third-order valence-electron chi connectivity index (χ3n) is 5.16. The van der Waals surface area contributed by atoms with E-state index in [4.69, 9.17) is 9.84 Å². The van der Waals surface area contributed by atoms with Gasteiger partial charge in [0.1, 0.15) is 21.5 Å². The lowest BCUT2D eigenvalue weighted by atomic mass is 10.0. The van der Waals surface area contributed by atoms with Crippen LogP contribution >= 0.6 is 11.3 Å². The van der Waals surface area contributed by atoms with E-state index in [0.717, 1.165) is 15.8 Å². The van der Waals surface area contributed by atoms with E-state index in [1.165, 1.54) is 11.3 Å².